The third kappa shape index (κ3) is 5.42. The number of halogens is 4. The van der Waals surface area contributed by atoms with Crippen molar-refractivity contribution in [3.63, 3.8) is 0 Å². The van der Waals surface area contributed by atoms with Gasteiger partial charge in [-0.1, -0.05) is 29.8 Å². The third-order valence-corrected chi connectivity index (χ3v) is 6.33. The lowest BCUT2D eigenvalue weighted by atomic mass is 9.68. The van der Waals surface area contributed by atoms with Crippen molar-refractivity contribution in [2.24, 2.45) is 17.8 Å². The molecule has 0 amide bonds. The van der Waals surface area contributed by atoms with Crippen molar-refractivity contribution in [1.29, 1.82) is 0 Å². The molecule has 2 fully saturated rings. The molecule has 0 bridgehead atoms. The molecule has 0 aromatic heterocycles. The second-order valence-corrected chi connectivity index (χ2v) is 7.97. The maximum absolute atomic E-state index is 12.3. The molecule has 0 spiro atoms. The predicted molar refractivity (Wildman–Crippen MR) is 98.3 cm³/mol. The highest BCUT2D eigenvalue weighted by atomic mass is 35.5. The molecule has 2 aliphatic carbocycles. The van der Waals surface area contributed by atoms with Crippen LogP contribution in [0.15, 0.2) is 35.9 Å². The van der Waals surface area contributed by atoms with Gasteiger partial charge in [-0.15, -0.1) is 13.2 Å². The van der Waals surface area contributed by atoms with Crippen LogP contribution in [-0.2, 0) is 0 Å². The monoisotopic (exact) mass is 386 g/mol. The summed E-state index contributed by atoms with van der Waals surface area (Å²) in [6.45, 7) is 0. The van der Waals surface area contributed by atoms with E-state index in [1.807, 2.05) is 0 Å². The molecule has 0 radical (unpaired) electrons. The summed E-state index contributed by atoms with van der Waals surface area (Å²) in [5.41, 5.74) is 2.79. The summed E-state index contributed by atoms with van der Waals surface area (Å²) in [6.07, 6.45) is 7.30. The molecule has 0 aliphatic heterocycles. The fraction of sp³-hybridized carbons (Fsp3) is 0.619. The fourth-order valence-corrected chi connectivity index (χ4v) is 4.98. The van der Waals surface area contributed by atoms with Crippen LogP contribution in [0, 0.1) is 17.8 Å². The Morgan fingerprint density at radius 3 is 1.88 bits per heavy atom. The Kier molecular flexibility index (Phi) is 6.55. The van der Waals surface area contributed by atoms with Gasteiger partial charge in [0.05, 0.1) is 0 Å². The summed E-state index contributed by atoms with van der Waals surface area (Å²) in [4.78, 5) is 0. The quantitative estimate of drug-likeness (QED) is 0.523. The molecular weight excluding hydrogens is 361 g/mol. The van der Waals surface area contributed by atoms with E-state index < -0.39 is 6.36 Å². The lowest BCUT2D eigenvalue weighted by Gasteiger charge is -2.37. The van der Waals surface area contributed by atoms with Crippen LogP contribution in [0.5, 0.6) is 5.75 Å². The van der Waals surface area contributed by atoms with Gasteiger partial charge in [-0.3, -0.25) is 0 Å². The number of benzene rings is 1. The normalized spacial score (nSPS) is 30.5. The van der Waals surface area contributed by atoms with E-state index >= 15 is 0 Å². The highest BCUT2D eigenvalue weighted by Crippen LogP contribution is 2.44. The second kappa shape index (κ2) is 8.69. The van der Waals surface area contributed by atoms with Gasteiger partial charge in [0, 0.05) is 5.54 Å². The van der Waals surface area contributed by atoms with E-state index in [0.29, 0.717) is 11.8 Å². The van der Waals surface area contributed by atoms with Gasteiger partial charge < -0.3 is 4.74 Å². The van der Waals surface area contributed by atoms with E-state index in [1.54, 1.807) is 17.7 Å². The van der Waals surface area contributed by atoms with Gasteiger partial charge in [0.25, 0.3) is 0 Å². The number of ether oxygens (including phenoxy) is 1. The lowest BCUT2D eigenvalue weighted by molar-refractivity contribution is -0.274. The molecule has 26 heavy (non-hydrogen) atoms. The Balaban J connectivity index is 1.48. The van der Waals surface area contributed by atoms with Gasteiger partial charge in [-0.25, -0.2) is 0 Å². The first kappa shape index (κ1) is 19.6. The smallest absolute Gasteiger partial charge is 0.406 e. The molecule has 144 valence electrons. The summed E-state index contributed by atoms with van der Waals surface area (Å²) in [6, 6.07) is 6.44. The SMILES string of the molecule is FC(F)(F)Oc1ccc(C2CCC(C3CCC(/C=C/Cl)CC3)CC2)cc1. The van der Waals surface area contributed by atoms with Crippen molar-refractivity contribution in [2.45, 2.75) is 63.6 Å². The van der Waals surface area contributed by atoms with Gasteiger partial charge in [0.1, 0.15) is 5.75 Å². The lowest BCUT2D eigenvalue weighted by Crippen LogP contribution is -2.25. The molecule has 0 heterocycles. The van der Waals surface area contributed by atoms with Crippen LogP contribution in [0.2, 0.25) is 0 Å². The highest BCUT2D eigenvalue weighted by Gasteiger charge is 2.32. The van der Waals surface area contributed by atoms with E-state index in [2.05, 4.69) is 10.8 Å². The van der Waals surface area contributed by atoms with Crippen LogP contribution < -0.4 is 4.74 Å². The summed E-state index contributed by atoms with van der Waals surface area (Å²) in [5, 5.41) is 0. The van der Waals surface area contributed by atoms with Crippen LogP contribution in [-0.4, -0.2) is 6.36 Å². The molecule has 1 aromatic rings. The average molecular weight is 387 g/mol. The number of allylic oxidation sites excluding steroid dienone is 1. The molecule has 0 saturated heterocycles. The molecule has 1 aromatic carbocycles. The minimum absolute atomic E-state index is 0.141. The van der Waals surface area contributed by atoms with Gasteiger partial charge in [-0.2, -0.15) is 0 Å². The molecule has 1 nitrogen and oxygen atoms in total. The molecule has 0 atom stereocenters. The number of hydrogen-bond donors (Lipinski definition) is 0. The molecule has 2 saturated carbocycles. The number of alkyl halides is 3. The average Bonchev–Trinajstić information content (AvgIpc) is 2.62. The fourth-order valence-electron chi connectivity index (χ4n) is 4.78. The molecule has 3 rings (SSSR count). The van der Waals surface area contributed by atoms with Gasteiger partial charge in [0.15, 0.2) is 0 Å². The molecule has 0 N–H and O–H groups in total. The Bertz CT molecular complexity index is 580. The Labute approximate surface area is 158 Å². The van der Waals surface area contributed by atoms with E-state index in [1.165, 1.54) is 50.7 Å². The maximum Gasteiger partial charge on any atom is 0.573 e. The maximum atomic E-state index is 12.3. The number of rotatable bonds is 4. The van der Waals surface area contributed by atoms with Crippen LogP contribution in [0.1, 0.15) is 62.8 Å². The minimum atomic E-state index is -4.63. The third-order valence-electron chi connectivity index (χ3n) is 6.18. The van der Waals surface area contributed by atoms with Crippen LogP contribution in [0.25, 0.3) is 0 Å². The van der Waals surface area contributed by atoms with Crippen molar-refractivity contribution >= 4 is 11.6 Å². The van der Waals surface area contributed by atoms with Crippen LogP contribution >= 0.6 is 11.6 Å². The minimum Gasteiger partial charge on any atom is -0.406 e. The van der Waals surface area contributed by atoms with Crippen molar-refractivity contribution < 1.29 is 17.9 Å². The zero-order valence-electron chi connectivity index (χ0n) is 14.9. The predicted octanol–water partition coefficient (Wildman–Crippen LogP) is 7.42. The second-order valence-electron chi connectivity index (χ2n) is 7.72. The standard InChI is InChI=1S/C21H26ClF3O/c22-14-13-15-1-3-16(4-2-15)17-5-7-18(8-6-17)19-9-11-20(12-10-19)26-21(23,24)25/h9-18H,1-8H2/b14-13+. The summed E-state index contributed by atoms with van der Waals surface area (Å²) >= 11 is 5.69. The molecular formula is C21H26ClF3O. The summed E-state index contributed by atoms with van der Waals surface area (Å²) in [7, 11) is 0. The van der Waals surface area contributed by atoms with Gasteiger partial charge in [-0.05, 0) is 92.7 Å². The first-order valence-electron chi connectivity index (χ1n) is 9.57. The van der Waals surface area contributed by atoms with Crippen LogP contribution in [0.3, 0.4) is 0 Å². The number of hydrogen-bond acceptors (Lipinski definition) is 1. The largest absolute Gasteiger partial charge is 0.573 e. The van der Waals surface area contributed by atoms with E-state index in [-0.39, 0.29) is 5.75 Å². The van der Waals surface area contributed by atoms with Crippen molar-refractivity contribution in [3.05, 3.63) is 41.4 Å². The molecule has 0 unspecified atom stereocenters. The first-order valence-corrected chi connectivity index (χ1v) is 10.0. The topological polar surface area (TPSA) is 9.23 Å². The van der Waals surface area contributed by atoms with Gasteiger partial charge >= 0.3 is 6.36 Å². The first-order chi connectivity index (χ1) is 12.4. The molecule has 5 heteroatoms. The summed E-state index contributed by atoms with van der Waals surface area (Å²) in [5.74, 6) is 2.61. The van der Waals surface area contributed by atoms with Crippen molar-refractivity contribution in [2.75, 3.05) is 0 Å². The van der Waals surface area contributed by atoms with Crippen molar-refractivity contribution in [1.82, 2.24) is 0 Å². The zero-order chi connectivity index (χ0) is 18.6. The Hall–Kier alpha value is -1.16. The zero-order valence-corrected chi connectivity index (χ0v) is 15.6. The Morgan fingerprint density at radius 1 is 0.846 bits per heavy atom. The van der Waals surface area contributed by atoms with E-state index in [4.69, 9.17) is 11.6 Å². The van der Waals surface area contributed by atoms with E-state index in [9.17, 15) is 13.2 Å². The highest BCUT2D eigenvalue weighted by molar-refractivity contribution is 6.25. The van der Waals surface area contributed by atoms with E-state index in [0.717, 1.165) is 30.2 Å². The van der Waals surface area contributed by atoms with Gasteiger partial charge in [0.2, 0.25) is 0 Å². The Morgan fingerprint density at radius 2 is 1.38 bits per heavy atom. The van der Waals surface area contributed by atoms with Crippen molar-refractivity contribution in [3.8, 4) is 5.75 Å². The summed E-state index contributed by atoms with van der Waals surface area (Å²) < 4.78 is 40.7. The van der Waals surface area contributed by atoms with Crippen LogP contribution in [0.4, 0.5) is 13.2 Å². The molecule has 2 aliphatic rings.